The zero-order valence-corrected chi connectivity index (χ0v) is 20.5. The van der Waals surface area contributed by atoms with Crippen LogP contribution in [0.3, 0.4) is 0 Å². The fourth-order valence-electron chi connectivity index (χ4n) is 3.51. The molecule has 0 heterocycles. The third-order valence-electron chi connectivity index (χ3n) is 5.24. The Balaban J connectivity index is 1.98. The van der Waals surface area contributed by atoms with Gasteiger partial charge in [0.2, 0.25) is 0 Å². The molecule has 3 rings (SSSR count). The lowest BCUT2D eigenvalue weighted by Gasteiger charge is -2.17. The fourth-order valence-corrected chi connectivity index (χ4v) is 3.51. The van der Waals surface area contributed by atoms with Gasteiger partial charge in [0.05, 0.1) is 58.1 Å². The van der Waals surface area contributed by atoms with E-state index in [1.54, 1.807) is 24.3 Å². The van der Waals surface area contributed by atoms with E-state index in [0.29, 0.717) is 17.1 Å². The summed E-state index contributed by atoms with van der Waals surface area (Å²) < 4.78 is 26.2. The summed E-state index contributed by atoms with van der Waals surface area (Å²) in [6, 6.07) is 14.3. The van der Waals surface area contributed by atoms with Gasteiger partial charge in [-0.15, -0.1) is 0 Å². The second-order valence-electron chi connectivity index (χ2n) is 7.24. The van der Waals surface area contributed by atoms with Gasteiger partial charge in [-0.25, -0.2) is 4.79 Å². The second kappa shape index (κ2) is 11.6. The Hall–Kier alpha value is -4.73. The van der Waals surface area contributed by atoms with Crippen LogP contribution in [0.25, 0.3) is 0 Å². The van der Waals surface area contributed by atoms with Crippen LogP contribution in [0.4, 0.5) is 11.4 Å². The highest BCUT2D eigenvalue weighted by atomic mass is 16.5. The maximum absolute atomic E-state index is 13.2. The highest BCUT2D eigenvalue weighted by molar-refractivity contribution is 6.11. The maximum Gasteiger partial charge on any atom is 0.341 e. The van der Waals surface area contributed by atoms with Crippen molar-refractivity contribution in [3.8, 4) is 23.0 Å². The Morgan fingerprint density at radius 3 is 1.67 bits per heavy atom. The fraction of sp³-hybridized carbons (Fsp3) is 0.192. The monoisotopic (exact) mass is 494 g/mol. The van der Waals surface area contributed by atoms with Gasteiger partial charge in [-0.1, -0.05) is 18.2 Å². The van der Waals surface area contributed by atoms with Crippen molar-refractivity contribution in [2.75, 3.05) is 46.2 Å². The molecule has 3 aromatic rings. The summed E-state index contributed by atoms with van der Waals surface area (Å²) in [4.78, 5) is 38.2. The molecule has 0 aliphatic carbocycles. The van der Waals surface area contributed by atoms with Gasteiger partial charge < -0.3 is 34.3 Å². The number of ether oxygens (including phenoxy) is 5. The van der Waals surface area contributed by atoms with E-state index in [1.165, 1.54) is 65.9 Å². The predicted molar refractivity (Wildman–Crippen MR) is 133 cm³/mol. The van der Waals surface area contributed by atoms with Crippen LogP contribution >= 0.6 is 0 Å². The number of hydrogen-bond acceptors (Lipinski definition) is 8. The third kappa shape index (κ3) is 5.33. The number of benzene rings is 3. The molecule has 2 amide bonds. The first-order chi connectivity index (χ1) is 17.4. The standard InChI is InChI=1S/C26H26N2O8/c1-32-20-12-7-6-9-15(20)24(29)27-18-13-19(22(34-3)14-21(18)33-2)28-25(30)16-10-8-11-17(23(16)35-4)26(31)36-5/h6-14H,1-5H3,(H,27,29)(H,28,30). The Morgan fingerprint density at radius 2 is 1.11 bits per heavy atom. The molecule has 0 spiro atoms. The van der Waals surface area contributed by atoms with Gasteiger partial charge in [-0.3, -0.25) is 9.59 Å². The average molecular weight is 495 g/mol. The lowest BCUT2D eigenvalue weighted by Crippen LogP contribution is -2.17. The van der Waals surface area contributed by atoms with Crippen molar-refractivity contribution in [2.45, 2.75) is 0 Å². The summed E-state index contributed by atoms with van der Waals surface area (Å²) in [5.41, 5.74) is 1.02. The number of hydrogen-bond donors (Lipinski definition) is 2. The maximum atomic E-state index is 13.2. The Kier molecular flexibility index (Phi) is 8.35. The average Bonchev–Trinajstić information content (AvgIpc) is 2.91. The molecule has 0 radical (unpaired) electrons. The third-order valence-corrected chi connectivity index (χ3v) is 5.24. The molecule has 0 fully saturated rings. The van der Waals surface area contributed by atoms with E-state index >= 15 is 0 Å². The van der Waals surface area contributed by atoms with E-state index < -0.39 is 17.8 Å². The molecule has 10 heteroatoms. The number of esters is 1. The van der Waals surface area contributed by atoms with Gasteiger partial charge in [0, 0.05) is 6.07 Å². The van der Waals surface area contributed by atoms with Crippen LogP contribution in [0.15, 0.2) is 54.6 Å². The predicted octanol–water partition coefficient (Wildman–Crippen LogP) is 4.01. The summed E-state index contributed by atoms with van der Waals surface area (Å²) in [6.45, 7) is 0. The summed E-state index contributed by atoms with van der Waals surface area (Å²) in [5, 5.41) is 5.51. The summed E-state index contributed by atoms with van der Waals surface area (Å²) >= 11 is 0. The van der Waals surface area contributed by atoms with Crippen LogP contribution in [-0.2, 0) is 4.74 Å². The normalized spacial score (nSPS) is 10.1. The molecule has 0 saturated heterocycles. The van der Waals surface area contributed by atoms with E-state index in [4.69, 9.17) is 23.7 Å². The van der Waals surface area contributed by atoms with Crippen molar-refractivity contribution in [3.63, 3.8) is 0 Å². The topological polar surface area (TPSA) is 121 Å². The minimum absolute atomic E-state index is 0.0547. The molecule has 0 unspecified atom stereocenters. The number of anilines is 2. The number of carbonyl (C=O) groups excluding carboxylic acids is 3. The molecular weight excluding hydrogens is 468 g/mol. The molecule has 0 bridgehead atoms. The lowest BCUT2D eigenvalue weighted by molar-refractivity contribution is 0.0597. The lowest BCUT2D eigenvalue weighted by atomic mass is 10.1. The second-order valence-corrected chi connectivity index (χ2v) is 7.24. The number of rotatable bonds is 9. The van der Waals surface area contributed by atoms with Crippen LogP contribution in [-0.4, -0.2) is 53.3 Å². The molecule has 0 aromatic heterocycles. The van der Waals surface area contributed by atoms with Gasteiger partial charge >= 0.3 is 5.97 Å². The highest BCUT2D eigenvalue weighted by Gasteiger charge is 2.23. The summed E-state index contributed by atoms with van der Waals surface area (Å²) in [6.07, 6.45) is 0. The molecule has 188 valence electrons. The number of para-hydroxylation sites is 2. The minimum atomic E-state index is -0.648. The van der Waals surface area contributed by atoms with Gasteiger partial charge in [0.15, 0.2) is 0 Å². The van der Waals surface area contributed by atoms with E-state index in [1.807, 2.05) is 0 Å². The van der Waals surface area contributed by atoms with Crippen LogP contribution in [0, 0.1) is 0 Å². The molecule has 0 aliphatic heterocycles. The van der Waals surface area contributed by atoms with Crippen LogP contribution in [0.1, 0.15) is 31.1 Å². The zero-order chi connectivity index (χ0) is 26.2. The van der Waals surface area contributed by atoms with E-state index in [9.17, 15) is 14.4 Å². The van der Waals surface area contributed by atoms with Gasteiger partial charge in [-0.05, 0) is 30.3 Å². The molecule has 3 aromatic carbocycles. The van der Waals surface area contributed by atoms with E-state index in [0.717, 1.165) is 0 Å². The molecular formula is C26H26N2O8. The number of methoxy groups -OCH3 is 5. The molecule has 0 aliphatic rings. The molecule has 10 nitrogen and oxygen atoms in total. The van der Waals surface area contributed by atoms with E-state index in [-0.39, 0.29) is 34.0 Å². The van der Waals surface area contributed by atoms with Gasteiger partial charge in [-0.2, -0.15) is 0 Å². The van der Waals surface area contributed by atoms with Crippen molar-refractivity contribution in [3.05, 3.63) is 71.3 Å². The van der Waals surface area contributed by atoms with Crippen molar-refractivity contribution in [1.29, 1.82) is 0 Å². The van der Waals surface area contributed by atoms with Crippen molar-refractivity contribution in [2.24, 2.45) is 0 Å². The van der Waals surface area contributed by atoms with Gasteiger partial charge in [0.1, 0.15) is 28.6 Å². The van der Waals surface area contributed by atoms with E-state index in [2.05, 4.69) is 10.6 Å². The SMILES string of the molecule is COC(=O)c1cccc(C(=O)Nc2cc(NC(=O)c3ccccc3OC)c(OC)cc2OC)c1OC. The van der Waals surface area contributed by atoms with Crippen molar-refractivity contribution >= 4 is 29.2 Å². The quantitative estimate of drug-likeness (QED) is 0.428. The largest absolute Gasteiger partial charge is 0.496 e. The van der Waals surface area contributed by atoms with Crippen molar-refractivity contribution < 1.29 is 38.1 Å². The first-order valence-electron chi connectivity index (χ1n) is 10.7. The number of amides is 2. The highest BCUT2D eigenvalue weighted by Crippen LogP contribution is 2.37. The zero-order valence-electron chi connectivity index (χ0n) is 20.5. The Morgan fingerprint density at radius 1 is 0.583 bits per heavy atom. The number of carbonyl (C=O) groups is 3. The van der Waals surface area contributed by atoms with Gasteiger partial charge in [0.25, 0.3) is 11.8 Å². The Bertz CT molecular complexity index is 1290. The smallest absolute Gasteiger partial charge is 0.341 e. The molecule has 0 atom stereocenters. The first-order valence-corrected chi connectivity index (χ1v) is 10.7. The molecule has 2 N–H and O–H groups in total. The van der Waals surface area contributed by atoms with Crippen LogP contribution < -0.4 is 29.6 Å². The summed E-state index contributed by atoms with van der Waals surface area (Å²) in [7, 11) is 6.91. The minimum Gasteiger partial charge on any atom is -0.496 e. The molecule has 0 saturated carbocycles. The summed E-state index contributed by atoms with van der Waals surface area (Å²) in [5.74, 6) is -0.641. The Labute approximate surface area is 208 Å². The van der Waals surface area contributed by atoms with Crippen LogP contribution in [0.5, 0.6) is 23.0 Å². The molecule has 36 heavy (non-hydrogen) atoms. The van der Waals surface area contributed by atoms with Crippen molar-refractivity contribution in [1.82, 2.24) is 0 Å². The first kappa shape index (κ1) is 25.9. The van der Waals surface area contributed by atoms with Crippen LogP contribution in [0.2, 0.25) is 0 Å². The number of nitrogens with one attached hydrogen (secondary N) is 2.